The van der Waals surface area contributed by atoms with Gasteiger partial charge in [-0.05, 0) is 31.6 Å². The SMILES string of the molecule is CC(C)CC=CC1(C=O)CC=CCC1. The molecule has 0 N–H and O–H groups in total. The molecule has 1 nitrogen and oxygen atoms in total. The van der Waals surface area contributed by atoms with Crippen molar-refractivity contribution in [1.29, 1.82) is 0 Å². The van der Waals surface area contributed by atoms with Gasteiger partial charge in [0.05, 0.1) is 0 Å². The smallest absolute Gasteiger partial charge is 0.130 e. The summed E-state index contributed by atoms with van der Waals surface area (Å²) in [6.07, 6.45) is 13.6. The largest absolute Gasteiger partial charge is 0.302 e. The average Bonchev–Trinajstić information content (AvgIpc) is 2.19. The lowest BCUT2D eigenvalue weighted by molar-refractivity contribution is -0.114. The van der Waals surface area contributed by atoms with Gasteiger partial charge in [0.2, 0.25) is 0 Å². The molecule has 0 fully saturated rings. The first-order valence-corrected chi connectivity index (χ1v) is 5.47. The Balaban J connectivity index is 2.57. The Hall–Kier alpha value is -0.850. The third kappa shape index (κ3) is 3.13. The van der Waals surface area contributed by atoms with Gasteiger partial charge in [0, 0.05) is 5.41 Å². The summed E-state index contributed by atoms with van der Waals surface area (Å²) in [5.74, 6) is 0.675. The van der Waals surface area contributed by atoms with Crippen LogP contribution in [0, 0.1) is 11.3 Å². The third-order valence-electron chi connectivity index (χ3n) is 2.73. The van der Waals surface area contributed by atoms with Crippen LogP contribution < -0.4 is 0 Å². The molecule has 1 heteroatoms. The van der Waals surface area contributed by atoms with E-state index in [0.29, 0.717) is 5.92 Å². The molecule has 0 bridgehead atoms. The number of hydrogen-bond acceptors (Lipinski definition) is 1. The lowest BCUT2D eigenvalue weighted by Gasteiger charge is -2.25. The quantitative estimate of drug-likeness (QED) is 0.492. The van der Waals surface area contributed by atoms with Gasteiger partial charge in [0.25, 0.3) is 0 Å². The molecule has 0 saturated heterocycles. The zero-order valence-electron chi connectivity index (χ0n) is 9.20. The summed E-state index contributed by atoms with van der Waals surface area (Å²) in [6.45, 7) is 4.39. The van der Waals surface area contributed by atoms with E-state index in [0.717, 1.165) is 32.0 Å². The highest BCUT2D eigenvalue weighted by atomic mass is 16.1. The van der Waals surface area contributed by atoms with Gasteiger partial charge < -0.3 is 4.79 Å². The molecule has 78 valence electrons. The van der Waals surface area contributed by atoms with E-state index in [4.69, 9.17) is 0 Å². The highest BCUT2D eigenvalue weighted by Crippen LogP contribution is 2.32. The lowest BCUT2D eigenvalue weighted by Crippen LogP contribution is -2.20. The molecule has 1 unspecified atom stereocenters. The summed E-state index contributed by atoms with van der Waals surface area (Å²) in [5.41, 5.74) is -0.191. The molecule has 1 aliphatic carbocycles. The van der Waals surface area contributed by atoms with Crippen molar-refractivity contribution in [3.05, 3.63) is 24.3 Å². The van der Waals surface area contributed by atoms with Gasteiger partial charge in [-0.25, -0.2) is 0 Å². The minimum absolute atomic E-state index is 0.191. The molecule has 0 spiro atoms. The van der Waals surface area contributed by atoms with Gasteiger partial charge in [0.15, 0.2) is 0 Å². The predicted octanol–water partition coefficient (Wildman–Crippen LogP) is 3.51. The zero-order valence-corrected chi connectivity index (χ0v) is 9.20. The minimum Gasteiger partial charge on any atom is -0.302 e. The maximum absolute atomic E-state index is 11.1. The summed E-state index contributed by atoms with van der Waals surface area (Å²) in [6, 6.07) is 0. The second kappa shape index (κ2) is 5.14. The van der Waals surface area contributed by atoms with Gasteiger partial charge in [-0.3, -0.25) is 0 Å². The summed E-state index contributed by atoms with van der Waals surface area (Å²) in [5, 5.41) is 0. The molecule has 0 saturated carbocycles. The van der Waals surface area contributed by atoms with E-state index in [1.807, 2.05) is 0 Å². The molecular formula is C13H20O. The van der Waals surface area contributed by atoms with Crippen molar-refractivity contribution in [3.8, 4) is 0 Å². The first-order chi connectivity index (χ1) is 6.68. The molecule has 1 atom stereocenters. The molecule has 0 aromatic heterocycles. The first-order valence-electron chi connectivity index (χ1n) is 5.47. The van der Waals surface area contributed by atoms with Crippen LogP contribution in [0.1, 0.15) is 39.5 Å². The number of carbonyl (C=O) groups excluding carboxylic acids is 1. The van der Waals surface area contributed by atoms with Crippen molar-refractivity contribution in [3.63, 3.8) is 0 Å². The molecule has 14 heavy (non-hydrogen) atoms. The summed E-state index contributed by atoms with van der Waals surface area (Å²) >= 11 is 0. The standard InChI is InChI=1S/C13H20O/c1-12(2)7-6-10-13(11-14)8-4-3-5-9-13/h3-4,6,10-12H,5,7-9H2,1-2H3. The molecule has 1 rings (SSSR count). The van der Waals surface area contributed by atoms with Crippen LogP contribution in [-0.2, 0) is 4.79 Å². The second-order valence-corrected chi connectivity index (χ2v) is 4.60. The topological polar surface area (TPSA) is 17.1 Å². The van der Waals surface area contributed by atoms with Crippen LogP contribution in [0.3, 0.4) is 0 Å². The monoisotopic (exact) mass is 192 g/mol. The molecule has 0 aromatic carbocycles. The van der Waals surface area contributed by atoms with E-state index in [9.17, 15) is 4.79 Å². The fourth-order valence-corrected chi connectivity index (χ4v) is 1.75. The number of hydrogen-bond donors (Lipinski definition) is 0. The number of aldehydes is 1. The van der Waals surface area contributed by atoms with E-state index in [-0.39, 0.29) is 5.41 Å². The zero-order chi connectivity index (χ0) is 10.4. The fourth-order valence-electron chi connectivity index (χ4n) is 1.75. The lowest BCUT2D eigenvalue weighted by atomic mass is 9.78. The van der Waals surface area contributed by atoms with Gasteiger partial charge in [-0.2, -0.15) is 0 Å². The van der Waals surface area contributed by atoms with Gasteiger partial charge in [0.1, 0.15) is 6.29 Å². The van der Waals surface area contributed by atoms with Crippen LogP contribution in [0.4, 0.5) is 0 Å². The first kappa shape index (κ1) is 11.2. The van der Waals surface area contributed by atoms with Crippen LogP contribution >= 0.6 is 0 Å². The Morgan fingerprint density at radius 3 is 2.71 bits per heavy atom. The highest BCUT2D eigenvalue weighted by molar-refractivity contribution is 5.63. The molecule has 0 radical (unpaired) electrons. The van der Waals surface area contributed by atoms with Gasteiger partial charge in [-0.1, -0.05) is 38.2 Å². The van der Waals surface area contributed by atoms with Crippen molar-refractivity contribution in [2.75, 3.05) is 0 Å². The van der Waals surface area contributed by atoms with Crippen molar-refractivity contribution < 1.29 is 4.79 Å². The maximum Gasteiger partial charge on any atom is 0.130 e. The maximum atomic E-state index is 11.1. The Morgan fingerprint density at radius 1 is 1.43 bits per heavy atom. The van der Waals surface area contributed by atoms with E-state index in [1.165, 1.54) is 0 Å². The molecule has 0 aromatic rings. The molecule has 1 aliphatic rings. The van der Waals surface area contributed by atoms with Crippen LogP contribution in [0.2, 0.25) is 0 Å². The summed E-state index contributed by atoms with van der Waals surface area (Å²) < 4.78 is 0. The Morgan fingerprint density at radius 2 is 2.21 bits per heavy atom. The van der Waals surface area contributed by atoms with Gasteiger partial charge in [-0.15, -0.1) is 0 Å². The molecule has 0 aliphatic heterocycles. The van der Waals surface area contributed by atoms with Crippen LogP contribution in [0.15, 0.2) is 24.3 Å². The van der Waals surface area contributed by atoms with Crippen molar-refractivity contribution in [1.82, 2.24) is 0 Å². The Labute approximate surface area is 86.9 Å². The van der Waals surface area contributed by atoms with Crippen LogP contribution in [-0.4, -0.2) is 6.29 Å². The molecular weight excluding hydrogens is 172 g/mol. The normalized spacial score (nSPS) is 27.4. The van der Waals surface area contributed by atoms with Crippen LogP contribution in [0.25, 0.3) is 0 Å². The molecule has 0 heterocycles. The fraction of sp³-hybridized carbons (Fsp3) is 0.615. The van der Waals surface area contributed by atoms with E-state index in [2.05, 4.69) is 38.2 Å². The predicted molar refractivity (Wildman–Crippen MR) is 60.1 cm³/mol. The summed E-state index contributed by atoms with van der Waals surface area (Å²) in [7, 11) is 0. The third-order valence-corrected chi connectivity index (χ3v) is 2.73. The van der Waals surface area contributed by atoms with E-state index >= 15 is 0 Å². The molecule has 0 amide bonds. The minimum atomic E-state index is -0.191. The second-order valence-electron chi connectivity index (χ2n) is 4.60. The number of carbonyl (C=O) groups is 1. The van der Waals surface area contributed by atoms with Crippen molar-refractivity contribution in [2.45, 2.75) is 39.5 Å². The van der Waals surface area contributed by atoms with Crippen LogP contribution in [0.5, 0.6) is 0 Å². The summed E-state index contributed by atoms with van der Waals surface area (Å²) in [4.78, 5) is 11.1. The van der Waals surface area contributed by atoms with Crippen molar-refractivity contribution >= 4 is 6.29 Å². The number of allylic oxidation sites excluding steroid dienone is 4. The van der Waals surface area contributed by atoms with E-state index in [1.54, 1.807) is 0 Å². The van der Waals surface area contributed by atoms with Gasteiger partial charge >= 0.3 is 0 Å². The number of rotatable bonds is 4. The highest BCUT2D eigenvalue weighted by Gasteiger charge is 2.26. The average molecular weight is 192 g/mol. The van der Waals surface area contributed by atoms with E-state index < -0.39 is 0 Å². The van der Waals surface area contributed by atoms with Crippen molar-refractivity contribution in [2.24, 2.45) is 11.3 Å². The Bertz CT molecular complexity index is 238. The Kier molecular flexibility index (Phi) is 4.12.